The molecule has 0 unspecified atom stereocenters. The fraction of sp³-hybridized carbons (Fsp3) is 0.357. The van der Waals surface area contributed by atoms with Gasteiger partial charge >= 0.3 is 0 Å². The molecule has 1 aromatic rings. The molecule has 1 aliphatic carbocycles. The Kier molecular flexibility index (Phi) is 4.57. The third kappa shape index (κ3) is 3.91. The van der Waals surface area contributed by atoms with Crippen molar-refractivity contribution >= 4 is 22.0 Å². The fourth-order valence-electron chi connectivity index (χ4n) is 2.42. The lowest BCUT2D eigenvalue weighted by Crippen LogP contribution is -2.41. The zero-order valence-electron chi connectivity index (χ0n) is 11.0. The van der Waals surface area contributed by atoms with Gasteiger partial charge in [-0.05, 0) is 24.5 Å². The minimum atomic E-state index is -3.57. The Labute approximate surface area is 118 Å². The highest BCUT2D eigenvalue weighted by Crippen LogP contribution is 2.26. The maximum Gasteiger partial charge on any atom is 0.234 e. The van der Waals surface area contributed by atoms with Crippen LogP contribution >= 0.6 is 0 Å². The van der Waals surface area contributed by atoms with Crippen LogP contribution in [0.5, 0.6) is 0 Å². The van der Waals surface area contributed by atoms with E-state index in [4.69, 9.17) is 5.73 Å². The van der Waals surface area contributed by atoms with E-state index in [1.54, 1.807) is 0 Å². The number of benzene rings is 1. The molecular formula is C14H18N2O3S. The molecule has 1 aromatic carbocycles. The van der Waals surface area contributed by atoms with Gasteiger partial charge in [0.05, 0.1) is 5.92 Å². The van der Waals surface area contributed by atoms with Crippen LogP contribution in [-0.2, 0) is 14.8 Å². The van der Waals surface area contributed by atoms with Crippen molar-refractivity contribution in [3.63, 3.8) is 0 Å². The van der Waals surface area contributed by atoms with Gasteiger partial charge < -0.3 is 5.73 Å². The quantitative estimate of drug-likeness (QED) is 0.856. The number of sulfonamides is 1. The van der Waals surface area contributed by atoms with Crippen molar-refractivity contribution in [2.75, 3.05) is 0 Å². The van der Waals surface area contributed by atoms with E-state index in [2.05, 4.69) is 4.72 Å². The molecule has 0 aromatic heterocycles. The first-order valence-corrected chi connectivity index (χ1v) is 8.07. The van der Waals surface area contributed by atoms with Crippen LogP contribution < -0.4 is 10.5 Å². The summed E-state index contributed by atoms with van der Waals surface area (Å²) in [5.74, 6) is -0.850. The average molecular weight is 294 g/mol. The second kappa shape index (κ2) is 6.19. The molecule has 2 rings (SSSR count). The molecular weight excluding hydrogens is 276 g/mol. The zero-order chi connectivity index (χ0) is 14.6. The molecule has 0 bridgehead atoms. The lowest BCUT2D eigenvalue weighted by Gasteiger charge is -2.16. The largest absolute Gasteiger partial charge is 0.369 e. The summed E-state index contributed by atoms with van der Waals surface area (Å²) in [4.78, 5) is 11.2. The SMILES string of the molecule is NC(=O)[C@H]1CCC[C@H]1NS(=O)(=O)/C=C/c1ccccc1. The van der Waals surface area contributed by atoms with Crippen molar-refractivity contribution in [3.05, 3.63) is 41.3 Å². The number of carbonyl (C=O) groups is 1. The summed E-state index contributed by atoms with van der Waals surface area (Å²) in [5, 5.41) is 1.12. The van der Waals surface area contributed by atoms with Crippen molar-refractivity contribution in [2.45, 2.75) is 25.3 Å². The molecule has 5 nitrogen and oxygen atoms in total. The summed E-state index contributed by atoms with van der Waals surface area (Å²) in [6, 6.07) is 8.76. The van der Waals surface area contributed by atoms with Gasteiger partial charge in [0.2, 0.25) is 15.9 Å². The van der Waals surface area contributed by atoms with Crippen LogP contribution in [0.25, 0.3) is 6.08 Å². The van der Waals surface area contributed by atoms with Gasteiger partial charge in [0.25, 0.3) is 0 Å². The fourth-order valence-corrected chi connectivity index (χ4v) is 3.54. The standard InChI is InChI=1S/C14H18N2O3S/c15-14(17)12-7-4-8-13(12)16-20(18,19)10-9-11-5-2-1-3-6-11/h1-3,5-6,9-10,12-13,16H,4,7-8H2,(H2,15,17)/b10-9+/t12-,13+/m0/s1. The maximum absolute atomic E-state index is 12.0. The number of carbonyl (C=O) groups excluding carboxylic acids is 1. The van der Waals surface area contributed by atoms with Crippen molar-refractivity contribution in [3.8, 4) is 0 Å². The first kappa shape index (κ1) is 14.7. The van der Waals surface area contributed by atoms with E-state index >= 15 is 0 Å². The van der Waals surface area contributed by atoms with Crippen molar-refractivity contribution in [1.29, 1.82) is 0 Å². The Bertz CT molecular complexity index is 596. The van der Waals surface area contributed by atoms with Gasteiger partial charge in [-0.3, -0.25) is 4.79 Å². The van der Waals surface area contributed by atoms with Gasteiger partial charge in [0.15, 0.2) is 0 Å². The smallest absolute Gasteiger partial charge is 0.234 e. The molecule has 0 heterocycles. The molecule has 1 saturated carbocycles. The number of nitrogens with two attached hydrogens (primary N) is 1. The Morgan fingerprint density at radius 1 is 1.25 bits per heavy atom. The lowest BCUT2D eigenvalue weighted by molar-refractivity contribution is -0.122. The normalized spacial score (nSPS) is 23.2. The predicted molar refractivity (Wildman–Crippen MR) is 77.9 cm³/mol. The van der Waals surface area contributed by atoms with Crippen molar-refractivity contribution < 1.29 is 13.2 Å². The summed E-state index contributed by atoms with van der Waals surface area (Å²) < 4.78 is 26.5. The monoisotopic (exact) mass is 294 g/mol. The minimum absolute atomic E-state index is 0.391. The third-order valence-corrected chi connectivity index (χ3v) is 4.56. The Morgan fingerprint density at radius 3 is 2.60 bits per heavy atom. The van der Waals surface area contributed by atoms with Crippen LogP contribution in [0.15, 0.2) is 35.7 Å². The summed E-state index contributed by atoms with van der Waals surface area (Å²) in [7, 11) is -3.57. The lowest BCUT2D eigenvalue weighted by atomic mass is 10.0. The van der Waals surface area contributed by atoms with Crippen LogP contribution in [0.4, 0.5) is 0 Å². The molecule has 0 saturated heterocycles. The van der Waals surface area contributed by atoms with E-state index in [0.717, 1.165) is 17.4 Å². The highest BCUT2D eigenvalue weighted by Gasteiger charge is 2.33. The van der Waals surface area contributed by atoms with E-state index in [9.17, 15) is 13.2 Å². The topological polar surface area (TPSA) is 89.3 Å². The van der Waals surface area contributed by atoms with Gasteiger partial charge in [-0.15, -0.1) is 0 Å². The Morgan fingerprint density at radius 2 is 1.95 bits per heavy atom. The summed E-state index contributed by atoms with van der Waals surface area (Å²) >= 11 is 0. The second-order valence-electron chi connectivity index (χ2n) is 4.92. The Hall–Kier alpha value is -1.66. The molecule has 1 aliphatic rings. The maximum atomic E-state index is 12.0. The summed E-state index contributed by atoms with van der Waals surface area (Å²) in [6.07, 6.45) is 3.62. The van der Waals surface area contributed by atoms with Crippen molar-refractivity contribution in [1.82, 2.24) is 4.72 Å². The van der Waals surface area contributed by atoms with Gasteiger partial charge in [-0.2, -0.15) is 0 Å². The van der Waals surface area contributed by atoms with Gasteiger partial charge in [0.1, 0.15) is 0 Å². The Balaban J connectivity index is 2.04. The highest BCUT2D eigenvalue weighted by molar-refractivity contribution is 7.92. The van der Waals surface area contributed by atoms with E-state index in [0.29, 0.717) is 12.8 Å². The minimum Gasteiger partial charge on any atom is -0.369 e. The molecule has 1 fully saturated rings. The summed E-state index contributed by atoms with van der Waals surface area (Å²) in [5.41, 5.74) is 6.08. The third-order valence-electron chi connectivity index (χ3n) is 3.44. The number of hydrogen-bond donors (Lipinski definition) is 2. The predicted octanol–water partition coefficient (Wildman–Crippen LogP) is 1.23. The van der Waals surface area contributed by atoms with Crippen LogP contribution in [0.2, 0.25) is 0 Å². The van der Waals surface area contributed by atoms with Crippen LogP contribution in [-0.4, -0.2) is 20.4 Å². The average Bonchev–Trinajstić information content (AvgIpc) is 2.85. The summed E-state index contributed by atoms with van der Waals surface area (Å²) in [6.45, 7) is 0. The van der Waals surface area contributed by atoms with Gasteiger partial charge in [-0.1, -0.05) is 36.8 Å². The first-order valence-electron chi connectivity index (χ1n) is 6.53. The number of hydrogen-bond acceptors (Lipinski definition) is 3. The second-order valence-corrected chi connectivity index (χ2v) is 6.52. The number of amides is 1. The molecule has 3 N–H and O–H groups in total. The van der Waals surface area contributed by atoms with Crippen LogP contribution in [0, 0.1) is 5.92 Å². The van der Waals surface area contributed by atoms with Crippen LogP contribution in [0.1, 0.15) is 24.8 Å². The molecule has 108 valence electrons. The first-order chi connectivity index (χ1) is 9.48. The van der Waals surface area contributed by atoms with Crippen molar-refractivity contribution in [2.24, 2.45) is 11.7 Å². The zero-order valence-corrected chi connectivity index (χ0v) is 11.8. The highest BCUT2D eigenvalue weighted by atomic mass is 32.2. The van der Waals surface area contributed by atoms with E-state index in [-0.39, 0.29) is 0 Å². The number of nitrogens with one attached hydrogen (secondary N) is 1. The molecule has 1 amide bonds. The molecule has 0 aliphatic heterocycles. The molecule has 0 radical (unpaired) electrons. The molecule has 20 heavy (non-hydrogen) atoms. The molecule has 2 atom stereocenters. The number of rotatable bonds is 5. The van der Waals surface area contributed by atoms with E-state index in [1.807, 2.05) is 30.3 Å². The van der Waals surface area contributed by atoms with Gasteiger partial charge in [-0.25, -0.2) is 13.1 Å². The van der Waals surface area contributed by atoms with E-state index in [1.165, 1.54) is 6.08 Å². The molecule has 0 spiro atoms. The number of primary amides is 1. The molecule has 6 heteroatoms. The van der Waals surface area contributed by atoms with Gasteiger partial charge in [0, 0.05) is 11.4 Å². The van der Waals surface area contributed by atoms with E-state index < -0.39 is 27.9 Å². The van der Waals surface area contributed by atoms with Crippen LogP contribution in [0.3, 0.4) is 0 Å².